The number of hydrogen-bond acceptors (Lipinski definition) is 5. The third-order valence-electron chi connectivity index (χ3n) is 2.89. The van der Waals surface area contributed by atoms with Gasteiger partial charge >= 0.3 is 0 Å². The van der Waals surface area contributed by atoms with Crippen LogP contribution in [0.4, 0.5) is 0 Å². The first kappa shape index (κ1) is 16.3. The second-order valence-electron chi connectivity index (χ2n) is 4.64. The van der Waals surface area contributed by atoms with E-state index in [0.717, 1.165) is 5.03 Å². The van der Waals surface area contributed by atoms with E-state index in [1.54, 1.807) is 36.5 Å². The number of rotatable bonds is 5. The van der Waals surface area contributed by atoms with Gasteiger partial charge in [-0.1, -0.05) is 23.7 Å². The number of hydrogen-bond donors (Lipinski definition) is 1. The molecule has 0 radical (unpaired) electrons. The average Bonchev–Trinajstić information content (AvgIpc) is 3.03. The number of carbonyl (C=O) groups is 1. The van der Waals surface area contributed by atoms with Gasteiger partial charge in [0, 0.05) is 16.8 Å². The van der Waals surface area contributed by atoms with E-state index in [1.807, 2.05) is 24.3 Å². The third kappa shape index (κ3) is 4.47. The Morgan fingerprint density at radius 3 is 2.92 bits per heavy atom. The summed E-state index contributed by atoms with van der Waals surface area (Å²) in [5.74, 6) is 0.184. The number of benzene rings is 1. The second-order valence-corrected chi connectivity index (χ2v) is 6.10. The number of nitrogens with zero attached hydrogens (tertiary/aromatic N) is 2. The predicted octanol–water partition coefficient (Wildman–Crippen LogP) is 4.24. The van der Waals surface area contributed by atoms with E-state index >= 15 is 0 Å². The van der Waals surface area contributed by atoms with Crippen LogP contribution in [0.25, 0.3) is 0 Å². The lowest BCUT2D eigenvalue weighted by Gasteiger charge is -1.99. The van der Waals surface area contributed by atoms with Crippen molar-refractivity contribution in [1.82, 2.24) is 10.4 Å². The molecule has 0 atom stereocenters. The van der Waals surface area contributed by atoms with Crippen molar-refractivity contribution in [3.63, 3.8) is 0 Å². The van der Waals surface area contributed by atoms with Gasteiger partial charge in [-0.3, -0.25) is 4.79 Å². The summed E-state index contributed by atoms with van der Waals surface area (Å²) in [6.07, 6.45) is 3.16. The van der Waals surface area contributed by atoms with Crippen LogP contribution in [0.5, 0.6) is 0 Å². The highest BCUT2D eigenvalue weighted by atomic mass is 35.5. The number of nitrogens with one attached hydrogen (secondary N) is 1. The highest BCUT2D eigenvalue weighted by Crippen LogP contribution is 2.26. The molecular weight excluding hydrogens is 346 g/mol. The predicted molar refractivity (Wildman–Crippen MR) is 93.6 cm³/mol. The fourth-order valence-electron chi connectivity index (χ4n) is 1.82. The Hall–Kier alpha value is -2.57. The zero-order valence-corrected chi connectivity index (χ0v) is 13.9. The summed E-state index contributed by atoms with van der Waals surface area (Å²) in [6, 6.07) is 15.9. The monoisotopic (exact) mass is 357 g/mol. The van der Waals surface area contributed by atoms with Gasteiger partial charge in [-0.05, 0) is 54.2 Å². The molecule has 5 nitrogen and oxygen atoms in total. The maximum absolute atomic E-state index is 11.9. The molecule has 3 rings (SSSR count). The Bertz CT molecular complexity index is 865. The highest BCUT2D eigenvalue weighted by molar-refractivity contribution is 7.99. The average molecular weight is 358 g/mol. The minimum atomic E-state index is -0.344. The summed E-state index contributed by atoms with van der Waals surface area (Å²) in [7, 11) is 0. The molecule has 0 unspecified atom stereocenters. The van der Waals surface area contributed by atoms with Crippen molar-refractivity contribution in [2.75, 3.05) is 0 Å². The van der Waals surface area contributed by atoms with Gasteiger partial charge in [0.2, 0.25) is 0 Å². The smallest absolute Gasteiger partial charge is 0.271 e. The van der Waals surface area contributed by atoms with Crippen LogP contribution in [-0.4, -0.2) is 17.1 Å². The normalized spacial score (nSPS) is 10.9. The Labute approximate surface area is 147 Å². The molecule has 0 bridgehead atoms. The van der Waals surface area contributed by atoms with Crippen molar-refractivity contribution in [2.45, 2.75) is 10.1 Å². The van der Waals surface area contributed by atoms with Gasteiger partial charge in [0.25, 0.3) is 5.91 Å². The van der Waals surface area contributed by atoms with Crippen molar-refractivity contribution in [2.24, 2.45) is 5.10 Å². The van der Waals surface area contributed by atoms with Gasteiger partial charge in [0.05, 0.1) is 6.21 Å². The fourth-order valence-corrected chi connectivity index (χ4v) is 2.75. The Balaban J connectivity index is 1.58. The van der Waals surface area contributed by atoms with Crippen molar-refractivity contribution in [3.05, 3.63) is 77.1 Å². The summed E-state index contributed by atoms with van der Waals surface area (Å²) < 4.78 is 5.60. The molecule has 0 aliphatic rings. The van der Waals surface area contributed by atoms with E-state index in [2.05, 4.69) is 15.5 Å². The molecule has 3 aromatic rings. The van der Waals surface area contributed by atoms with E-state index < -0.39 is 0 Å². The van der Waals surface area contributed by atoms with Crippen molar-refractivity contribution < 1.29 is 9.21 Å². The highest BCUT2D eigenvalue weighted by Gasteiger charge is 2.05. The third-order valence-corrected chi connectivity index (χ3v) is 4.00. The van der Waals surface area contributed by atoms with Crippen LogP contribution in [0, 0.1) is 0 Å². The molecule has 2 aromatic heterocycles. The number of carbonyl (C=O) groups excluding carboxylic acids is 1. The maximum atomic E-state index is 11.9. The maximum Gasteiger partial charge on any atom is 0.271 e. The van der Waals surface area contributed by atoms with E-state index in [9.17, 15) is 4.79 Å². The lowest BCUT2D eigenvalue weighted by atomic mass is 10.2. The van der Waals surface area contributed by atoms with Crippen molar-refractivity contribution >= 4 is 35.5 Å². The van der Waals surface area contributed by atoms with E-state index in [-0.39, 0.29) is 5.91 Å². The van der Waals surface area contributed by atoms with Crippen LogP contribution in [0.1, 0.15) is 16.1 Å². The number of hydrazone groups is 1. The number of aromatic nitrogens is 1. The van der Waals surface area contributed by atoms with Crippen LogP contribution in [-0.2, 0) is 0 Å². The van der Waals surface area contributed by atoms with Crippen LogP contribution < -0.4 is 5.43 Å². The van der Waals surface area contributed by atoms with Crippen molar-refractivity contribution in [3.8, 4) is 0 Å². The molecule has 24 heavy (non-hydrogen) atoms. The number of furan rings is 1. The molecule has 1 amide bonds. The standard InChI is InChI=1S/C17H12ClN3O2S/c18-13-5-3-4-12(10-13)17(22)21-20-11-14-7-8-16(23-14)24-15-6-1-2-9-19-15/h1-11H,(H,21,22). The molecule has 0 aliphatic carbocycles. The van der Waals surface area contributed by atoms with Gasteiger partial charge < -0.3 is 4.42 Å². The molecule has 2 heterocycles. The van der Waals surface area contributed by atoms with E-state index in [0.29, 0.717) is 21.4 Å². The molecule has 0 saturated carbocycles. The lowest BCUT2D eigenvalue weighted by molar-refractivity contribution is 0.0955. The molecule has 0 saturated heterocycles. The first-order chi connectivity index (χ1) is 11.7. The number of amides is 1. The molecule has 1 N–H and O–H groups in total. The van der Waals surface area contributed by atoms with Crippen LogP contribution in [0.15, 0.2) is 80.4 Å². The molecule has 0 fully saturated rings. The van der Waals surface area contributed by atoms with Gasteiger partial charge in [-0.15, -0.1) is 0 Å². The summed E-state index contributed by atoms with van der Waals surface area (Å²) in [4.78, 5) is 16.1. The zero-order valence-electron chi connectivity index (χ0n) is 12.3. The molecular formula is C17H12ClN3O2S. The molecule has 120 valence electrons. The number of halogens is 1. The van der Waals surface area contributed by atoms with E-state index in [4.69, 9.17) is 16.0 Å². The first-order valence-electron chi connectivity index (χ1n) is 6.98. The topological polar surface area (TPSA) is 67.5 Å². The van der Waals surface area contributed by atoms with Crippen LogP contribution >= 0.6 is 23.4 Å². The van der Waals surface area contributed by atoms with E-state index in [1.165, 1.54) is 18.0 Å². The lowest BCUT2D eigenvalue weighted by Crippen LogP contribution is -2.17. The molecule has 0 aliphatic heterocycles. The Morgan fingerprint density at radius 2 is 2.12 bits per heavy atom. The van der Waals surface area contributed by atoms with Gasteiger partial charge in [0.1, 0.15) is 10.8 Å². The quantitative estimate of drug-likeness (QED) is 0.547. The molecule has 7 heteroatoms. The minimum absolute atomic E-state index is 0.344. The van der Waals surface area contributed by atoms with Crippen LogP contribution in [0.3, 0.4) is 0 Å². The molecule has 1 aromatic carbocycles. The first-order valence-corrected chi connectivity index (χ1v) is 8.18. The van der Waals surface area contributed by atoms with Gasteiger partial charge in [-0.2, -0.15) is 5.10 Å². The Morgan fingerprint density at radius 1 is 1.21 bits per heavy atom. The minimum Gasteiger partial charge on any atom is -0.448 e. The second kappa shape index (κ2) is 7.81. The van der Waals surface area contributed by atoms with Crippen LogP contribution in [0.2, 0.25) is 5.02 Å². The largest absolute Gasteiger partial charge is 0.448 e. The number of pyridine rings is 1. The SMILES string of the molecule is O=C(NN=Cc1ccc(Sc2ccccn2)o1)c1cccc(Cl)c1. The van der Waals surface area contributed by atoms with Gasteiger partial charge in [0.15, 0.2) is 5.09 Å². The van der Waals surface area contributed by atoms with Gasteiger partial charge in [-0.25, -0.2) is 10.4 Å². The Kier molecular flexibility index (Phi) is 5.30. The summed E-state index contributed by atoms with van der Waals surface area (Å²) in [5, 5.41) is 5.90. The fraction of sp³-hybridized carbons (Fsp3) is 0. The molecule has 0 spiro atoms. The van der Waals surface area contributed by atoms with Crippen molar-refractivity contribution in [1.29, 1.82) is 0 Å². The summed E-state index contributed by atoms with van der Waals surface area (Å²) in [5.41, 5.74) is 2.86. The summed E-state index contributed by atoms with van der Waals surface area (Å²) >= 11 is 7.25. The zero-order chi connectivity index (χ0) is 16.8. The summed E-state index contributed by atoms with van der Waals surface area (Å²) in [6.45, 7) is 0.